The predicted octanol–water partition coefficient (Wildman–Crippen LogP) is 5.99. The molecule has 30 heavy (non-hydrogen) atoms. The quantitative estimate of drug-likeness (QED) is 0.584. The molecule has 4 nitrogen and oxygen atoms in total. The number of alkyl carbamates (subject to hydrolysis) is 1. The van der Waals surface area contributed by atoms with E-state index in [1.807, 2.05) is 86.7 Å². The number of nitrogens with one attached hydrogen (secondary N) is 1. The highest BCUT2D eigenvalue weighted by molar-refractivity contribution is 5.93. The molecule has 160 valence electrons. The number of amides is 1. The zero-order valence-electron chi connectivity index (χ0n) is 18.6. The molecule has 2 aromatic rings. The lowest BCUT2D eigenvalue weighted by atomic mass is 9.84. The number of hydrogen-bond donors (Lipinski definition) is 1. The zero-order valence-corrected chi connectivity index (χ0v) is 18.6. The molecule has 1 amide bonds. The maximum Gasteiger partial charge on any atom is 0.408 e. The molecule has 0 bridgehead atoms. The lowest BCUT2D eigenvalue weighted by Gasteiger charge is -2.27. The summed E-state index contributed by atoms with van der Waals surface area (Å²) >= 11 is 0. The van der Waals surface area contributed by atoms with Crippen LogP contribution in [0.5, 0.6) is 0 Å². The van der Waals surface area contributed by atoms with Crippen molar-refractivity contribution >= 4 is 18.0 Å². The number of allylic oxidation sites excluding steroid dienone is 1. The van der Waals surface area contributed by atoms with Crippen molar-refractivity contribution in [3.05, 3.63) is 77.9 Å². The van der Waals surface area contributed by atoms with Crippen molar-refractivity contribution < 1.29 is 14.3 Å². The molecule has 0 aliphatic rings. The van der Waals surface area contributed by atoms with Gasteiger partial charge in [0, 0.05) is 5.92 Å². The molecule has 0 aliphatic heterocycles. The van der Waals surface area contributed by atoms with Gasteiger partial charge in [-0.3, -0.25) is 4.79 Å². The van der Waals surface area contributed by atoms with E-state index in [-0.39, 0.29) is 17.6 Å². The first kappa shape index (κ1) is 23.4. The average molecular weight is 408 g/mol. The molecule has 0 radical (unpaired) electrons. The van der Waals surface area contributed by atoms with E-state index < -0.39 is 17.7 Å². The summed E-state index contributed by atoms with van der Waals surface area (Å²) in [5.74, 6) is -0.428. The van der Waals surface area contributed by atoms with E-state index in [0.29, 0.717) is 6.42 Å². The Morgan fingerprint density at radius 3 is 2.07 bits per heavy atom. The number of carbonyl (C=O) groups is 2. The summed E-state index contributed by atoms with van der Waals surface area (Å²) in [6, 6.07) is 19.1. The zero-order chi connectivity index (χ0) is 22.1. The Balaban J connectivity index is 2.23. The largest absolute Gasteiger partial charge is 0.444 e. The summed E-state index contributed by atoms with van der Waals surface area (Å²) < 4.78 is 5.38. The van der Waals surface area contributed by atoms with Gasteiger partial charge in [0.15, 0.2) is 5.78 Å². The van der Waals surface area contributed by atoms with Gasteiger partial charge in [-0.05, 0) is 44.2 Å². The minimum absolute atomic E-state index is 0.0141. The molecular weight excluding hydrogens is 374 g/mol. The van der Waals surface area contributed by atoms with E-state index in [0.717, 1.165) is 11.1 Å². The average Bonchev–Trinajstić information content (AvgIpc) is 2.69. The number of hydrogen-bond acceptors (Lipinski definition) is 3. The van der Waals surface area contributed by atoms with Crippen LogP contribution in [0.25, 0.3) is 6.08 Å². The van der Waals surface area contributed by atoms with Gasteiger partial charge in [0.1, 0.15) is 5.60 Å². The van der Waals surface area contributed by atoms with Crippen LogP contribution in [-0.4, -0.2) is 23.5 Å². The maximum absolute atomic E-state index is 13.5. The number of ketones is 1. The van der Waals surface area contributed by atoms with E-state index >= 15 is 0 Å². The number of benzene rings is 2. The van der Waals surface area contributed by atoms with Crippen molar-refractivity contribution in [3.8, 4) is 0 Å². The predicted molar refractivity (Wildman–Crippen MR) is 122 cm³/mol. The highest BCUT2D eigenvalue weighted by atomic mass is 16.6. The van der Waals surface area contributed by atoms with E-state index in [1.54, 1.807) is 20.8 Å². The monoisotopic (exact) mass is 407 g/mol. The van der Waals surface area contributed by atoms with Gasteiger partial charge >= 0.3 is 6.09 Å². The third-order valence-electron chi connectivity index (χ3n) is 4.67. The fourth-order valence-corrected chi connectivity index (χ4v) is 3.22. The first-order valence-corrected chi connectivity index (χ1v) is 10.5. The number of carbonyl (C=O) groups excluding carboxylic acids is 2. The Morgan fingerprint density at radius 1 is 0.967 bits per heavy atom. The molecule has 2 atom stereocenters. The first-order valence-electron chi connectivity index (χ1n) is 10.5. The highest BCUT2D eigenvalue weighted by Gasteiger charge is 2.32. The lowest BCUT2D eigenvalue weighted by molar-refractivity contribution is -0.123. The Kier molecular flexibility index (Phi) is 8.40. The molecule has 1 N–H and O–H groups in total. The van der Waals surface area contributed by atoms with Gasteiger partial charge in [0.2, 0.25) is 0 Å². The fraction of sp³-hybridized carbons (Fsp3) is 0.385. The standard InChI is InChI=1S/C26H33NO3/c1-19(2)23(27-25(29)30-26(3,4)5)24(28)22(21-16-10-7-11-17-21)18-12-15-20-13-8-6-9-14-20/h6-17,19,22-23H,18H2,1-5H3,(H,27,29)/b15-12+/t22-,23+/m1/s1. The molecule has 0 heterocycles. The summed E-state index contributed by atoms with van der Waals surface area (Å²) in [7, 11) is 0. The minimum Gasteiger partial charge on any atom is -0.444 e. The van der Waals surface area contributed by atoms with Gasteiger partial charge in [-0.25, -0.2) is 4.79 Å². The number of rotatable bonds is 8. The minimum atomic E-state index is -0.629. The van der Waals surface area contributed by atoms with Crippen LogP contribution in [0.2, 0.25) is 0 Å². The molecule has 2 aromatic carbocycles. The third kappa shape index (κ3) is 7.51. The van der Waals surface area contributed by atoms with Crippen LogP contribution in [0.4, 0.5) is 4.79 Å². The van der Waals surface area contributed by atoms with Crippen molar-refractivity contribution in [2.24, 2.45) is 5.92 Å². The Morgan fingerprint density at radius 2 is 1.53 bits per heavy atom. The van der Waals surface area contributed by atoms with E-state index in [2.05, 4.69) is 5.32 Å². The summed E-state index contributed by atoms with van der Waals surface area (Å²) in [6.45, 7) is 9.28. The third-order valence-corrected chi connectivity index (χ3v) is 4.67. The summed E-state index contributed by atoms with van der Waals surface area (Å²) in [6.07, 6.45) is 4.03. The number of ether oxygens (including phenoxy) is 1. The summed E-state index contributed by atoms with van der Waals surface area (Å²) in [5, 5.41) is 2.80. The molecule has 0 saturated carbocycles. The molecule has 4 heteroatoms. The molecule has 0 fully saturated rings. The van der Waals surface area contributed by atoms with Gasteiger partial charge < -0.3 is 10.1 Å². The number of Topliss-reactive ketones (excluding diaryl/α,β-unsaturated/α-hetero) is 1. The Bertz CT molecular complexity index is 836. The van der Waals surface area contributed by atoms with Gasteiger partial charge in [0.05, 0.1) is 6.04 Å². The van der Waals surface area contributed by atoms with Crippen LogP contribution in [0.3, 0.4) is 0 Å². The van der Waals surface area contributed by atoms with Crippen LogP contribution < -0.4 is 5.32 Å². The van der Waals surface area contributed by atoms with Gasteiger partial charge in [-0.15, -0.1) is 0 Å². The molecule has 0 aromatic heterocycles. The van der Waals surface area contributed by atoms with E-state index in [4.69, 9.17) is 4.74 Å². The van der Waals surface area contributed by atoms with Crippen LogP contribution in [0.15, 0.2) is 66.7 Å². The van der Waals surface area contributed by atoms with E-state index in [1.165, 1.54) is 0 Å². The molecule has 2 rings (SSSR count). The SMILES string of the molecule is CC(C)[C@H](NC(=O)OC(C)(C)C)C(=O)[C@H](C/C=C/c1ccccc1)c1ccccc1. The van der Waals surface area contributed by atoms with E-state index in [9.17, 15) is 9.59 Å². The highest BCUT2D eigenvalue weighted by Crippen LogP contribution is 2.25. The van der Waals surface area contributed by atoms with Crippen LogP contribution >= 0.6 is 0 Å². The van der Waals surface area contributed by atoms with Crippen molar-refractivity contribution in [2.45, 2.75) is 58.6 Å². The smallest absolute Gasteiger partial charge is 0.408 e. The van der Waals surface area contributed by atoms with Crippen molar-refractivity contribution in [1.82, 2.24) is 5.32 Å². The Labute approximate surface area is 180 Å². The van der Waals surface area contributed by atoms with Gasteiger partial charge in [-0.1, -0.05) is 86.7 Å². The van der Waals surface area contributed by atoms with Crippen molar-refractivity contribution in [3.63, 3.8) is 0 Å². The summed E-state index contributed by atoms with van der Waals surface area (Å²) in [5.41, 5.74) is 1.41. The first-order chi connectivity index (χ1) is 14.2. The van der Waals surface area contributed by atoms with Gasteiger partial charge in [0.25, 0.3) is 0 Å². The molecule has 0 saturated heterocycles. The fourth-order valence-electron chi connectivity index (χ4n) is 3.22. The second-order valence-electron chi connectivity index (χ2n) is 8.78. The Hall–Kier alpha value is -2.88. The molecule has 0 aliphatic carbocycles. The van der Waals surface area contributed by atoms with Crippen molar-refractivity contribution in [1.29, 1.82) is 0 Å². The molecule has 0 unspecified atom stereocenters. The normalized spacial score (nSPS) is 13.8. The second kappa shape index (κ2) is 10.8. The molecular formula is C26H33NO3. The van der Waals surface area contributed by atoms with Crippen LogP contribution in [0.1, 0.15) is 58.1 Å². The summed E-state index contributed by atoms with van der Waals surface area (Å²) in [4.78, 5) is 25.9. The van der Waals surface area contributed by atoms with Gasteiger partial charge in [-0.2, -0.15) is 0 Å². The van der Waals surface area contributed by atoms with Crippen molar-refractivity contribution in [2.75, 3.05) is 0 Å². The molecule has 0 spiro atoms. The van der Waals surface area contributed by atoms with Crippen LogP contribution in [-0.2, 0) is 9.53 Å². The lowest BCUT2D eigenvalue weighted by Crippen LogP contribution is -2.48. The van der Waals surface area contributed by atoms with Crippen LogP contribution in [0, 0.1) is 5.92 Å². The topological polar surface area (TPSA) is 55.4 Å². The second-order valence-corrected chi connectivity index (χ2v) is 8.78. The maximum atomic E-state index is 13.5.